The van der Waals surface area contributed by atoms with Gasteiger partial charge in [0.05, 0.1) is 17.4 Å². The van der Waals surface area contributed by atoms with E-state index in [2.05, 4.69) is 27.1 Å². The lowest BCUT2D eigenvalue weighted by Crippen LogP contribution is -2.24. The molecule has 1 aliphatic rings. The molecule has 3 heterocycles. The van der Waals surface area contributed by atoms with E-state index in [1.54, 1.807) is 55.0 Å². The van der Waals surface area contributed by atoms with Crippen LogP contribution in [0.15, 0.2) is 99.4 Å². The monoisotopic (exact) mass is 570 g/mol. The maximum Gasteiger partial charge on any atom is 0.325 e. The third-order valence-corrected chi connectivity index (χ3v) is 7.36. The molecule has 0 bridgehead atoms. The van der Waals surface area contributed by atoms with Gasteiger partial charge in [-0.1, -0.05) is 49.1 Å². The molecule has 0 unspecified atom stereocenters. The number of allylic oxidation sites excluding steroid dienone is 2. The van der Waals surface area contributed by atoms with E-state index in [1.165, 1.54) is 42.9 Å². The molecule has 0 amide bonds. The van der Waals surface area contributed by atoms with Crippen LogP contribution in [-0.2, 0) is 0 Å². The van der Waals surface area contributed by atoms with Crippen molar-refractivity contribution in [1.29, 1.82) is 0 Å². The minimum Gasteiger partial charge on any atom is -0.489 e. The summed E-state index contributed by atoms with van der Waals surface area (Å²) in [6.07, 6.45) is 18.6. The van der Waals surface area contributed by atoms with E-state index in [9.17, 15) is 14.4 Å². The van der Waals surface area contributed by atoms with Crippen LogP contribution in [0.3, 0.4) is 0 Å². The molecule has 3 aromatic heterocycles. The number of H-pyrrole nitrogens is 2. The zero-order valence-corrected chi connectivity index (χ0v) is 23.5. The van der Waals surface area contributed by atoms with Crippen molar-refractivity contribution in [1.82, 2.24) is 19.5 Å². The van der Waals surface area contributed by atoms with Crippen LogP contribution in [-0.4, -0.2) is 26.1 Å². The first-order valence-corrected chi connectivity index (χ1v) is 14.1. The second kappa shape index (κ2) is 12.8. The first kappa shape index (κ1) is 28.1. The Labute approximate surface area is 242 Å². The molecule has 4 aromatic rings. The Bertz CT molecular complexity index is 1760. The Hall–Kier alpha value is -4.43. The molecule has 2 N–H and O–H groups in total. The Kier molecular flexibility index (Phi) is 8.79. The van der Waals surface area contributed by atoms with E-state index in [0.29, 0.717) is 45.7 Å². The smallest absolute Gasteiger partial charge is 0.325 e. The Morgan fingerprint density at radius 1 is 1.10 bits per heavy atom. The number of aromatic amines is 2. The molecule has 0 spiro atoms. The molecule has 8 nitrogen and oxygen atoms in total. The highest BCUT2D eigenvalue weighted by atomic mass is 35.5. The maximum atomic E-state index is 13.8. The van der Waals surface area contributed by atoms with Crippen molar-refractivity contribution < 1.29 is 4.74 Å². The number of benzene rings is 1. The van der Waals surface area contributed by atoms with Gasteiger partial charge >= 0.3 is 5.69 Å². The number of pyridine rings is 2. The molecular weight excluding hydrogens is 540 g/mol. The number of aromatic nitrogens is 4. The second-order valence-corrected chi connectivity index (χ2v) is 10.6. The summed E-state index contributed by atoms with van der Waals surface area (Å²) in [5.74, 6) is 1.07. The summed E-state index contributed by atoms with van der Waals surface area (Å²) >= 11 is 6.52. The van der Waals surface area contributed by atoms with Gasteiger partial charge in [-0.2, -0.15) is 0 Å². The highest BCUT2D eigenvalue weighted by molar-refractivity contribution is 6.31. The lowest BCUT2D eigenvalue weighted by atomic mass is 9.88. The van der Waals surface area contributed by atoms with Gasteiger partial charge in [0.25, 0.3) is 11.1 Å². The molecule has 0 aliphatic heterocycles. The highest BCUT2D eigenvalue weighted by Gasteiger charge is 2.16. The highest BCUT2D eigenvalue weighted by Crippen LogP contribution is 2.30. The summed E-state index contributed by atoms with van der Waals surface area (Å²) in [4.78, 5) is 46.9. The molecule has 0 atom stereocenters. The maximum absolute atomic E-state index is 13.8. The summed E-state index contributed by atoms with van der Waals surface area (Å²) in [6, 6.07) is 10.2. The quantitative estimate of drug-likeness (QED) is 0.250. The fourth-order valence-electron chi connectivity index (χ4n) is 5.19. The van der Waals surface area contributed by atoms with Crippen molar-refractivity contribution >= 4 is 11.6 Å². The van der Waals surface area contributed by atoms with E-state index >= 15 is 0 Å². The zero-order valence-electron chi connectivity index (χ0n) is 22.7. The van der Waals surface area contributed by atoms with Gasteiger partial charge in [-0.15, -0.1) is 0 Å². The topological polar surface area (TPSA) is 110 Å². The average Bonchev–Trinajstić information content (AvgIpc) is 2.97. The van der Waals surface area contributed by atoms with E-state index in [-0.39, 0.29) is 11.1 Å². The Morgan fingerprint density at radius 3 is 2.66 bits per heavy atom. The van der Waals surface area contributed by atoms with Crippen LogP contribution in [0.4, 0.5) is 0 Å². The van der Waals surface area contributed by atoms with E-state index in [4.69, 9.17) is 16.3 Å². The van der Waals surface area contributed by atoms with Crippen molar-refractivity contribution in [3.8, 4) is 33.7 Å². The molecule has 5 rings (SSSR count). The van der Waals surface area contributed by atoms with Crippen LogP contribution in [0.2, 0.25) is 5.02 Å². The molecule has 210 valence electrons. The SMILES string of the molecule is C/C=C\C(=C/C1CCCCC1)COc1cc(Cl)cc(-c2cc(-c3c[nH]c(=O)[nH]c3=O)cn(-c3cccnc3)c2=O)c1. The van der Waals surface area contributed by atoms with Crippen LogP contribution in [0.5, 0.6) is 5.75 Å². The number of hydrogen-bond donors (Lipinski definition) is 2. The Balaban J connectivity index is 1.55. The first-order chi connectivity index (χ1) is 19.9. The predicted octanol–water partition coefficient (Wildman–Crippen LogP) is 6.06. The molecule has 1 fully saturated rings. The van der Waals surface area contributed by atoms with Gasteiger partial charge in [0.15, 0.2) is 0 Å². The number of ether oxygens (including phenoxy) is 1. The van der Waals surface area contributed by atoms with Crippen molar-refractivity contribution in [2.45, 2.75) is 39.0 Å². The average molecular weight is 571 g/mol. The van der Waals surface area contributed by atoms with Crippen LogP contribution < -0.4 is 21.5 Å². The van der Waals surface area contributed by atoms with Crippen molar-refractivity contribution in [3.05, 3.63) is 121 Å². The van der Waals surface area contributed by atoms with Crippen molar-refractivity contribution in [2.75, 3.05) is 6.61 Å². The summed E-state index contributed by atoms with van der Waals surface area (Å²) in [5.41, 5.74) is 1.54. The third-order valence-electron chi connectivity index (χ3n) is 7.14. The largest absolute Gasteiger partial charge is 0.489 e. The van der Waals surface area contributed by atoms with E-state index < -0.39 is 11.2 Å². The van der Waals surface area contributed by atoms with Gasteiger partial charge in [0, 0.05) is 34.7 Å². The normalized spacial score (nSPS) is 14.4. The minimum absolute atomic E-state index is 0.200. The van der Waals surface area contributed by atoms with Crippen LogP contribution in [0.25, 0.3) is 27.9 Å². The van der Waals surface area contributed by atoms with Crippen molar-refractivity contribution in [2.24, 2.45) is 5.92 Å². The first-order valence-electron chi connectivity index (χ1n) is 13.7. The molecule has 1 aliphatic carbocycles. The van der Waals surface area contributed by atoms with Crippen LogP contribution in [0.1, 0.15) is 39.0 Å². The summed E-state index contributed by atoms with van der Waals surface area (Å²) in [5, 5.41) is 0.404. The van der Waals surface area contributed by atoms with Gasteiger partial charge in [0.2, 0.25) is 0 Å². The fraction of sp³-hybridized carbons (Fsp3) is 0.250. The molecular formula is C32H31ClN4O4. The summed E-state index contributed by atoms with van der Waals surface area (Å²) < 4.78 is 7.61. The zero-order chi connectivity index (χ0) is 28.8. The number of hydrogen-bond acceptors (Lipinski definition) is 5. The fourth-order valence-corrected chi connectivity index (χ4v) is 5.41. The van der Waals surface area contributed by atoms with Gasteiger partial charge in [0.1, 0.15) is 12.4 Å². The van der Waals surface area contributed by atoms with Crippen molar-refractivity contribution in [3.63, 3.8) is 0 Å². The van der Waals surface area contributed by atoms with Gasteiger partial charge in [-0.3, -0.25) is 24.1 Å². The predicted molar refractivity (Wildman–Crippen MR) is 162 cm³/mol. The molecule has 41 heavy (non-hydrogen) atoms. The summed E-state index contributed by atoms with van der Waals surface area (Å²) in [6.45, 7) is 2.35. The van der Waals surface area contributed by atoms with Crippen LogP contribution in [0, 0.1) is 5.92 Å². The molecule has 1 aromatic carbocycles. The minimum atomic E-state index is -0.619. The van der Waals surface area contributed by atoms with Crippen LogP contribution >= 0.6 is 11.6 Å². The number of halogens is 1. The third kappa shape index (κ3) is 6.84. The second-order valence-electron chi connectivity index (χ2n) is 10.1. The van der Waals surface area contributed by atoms with E-state index in [0.717, 1.165) is 5.57 Å². The number of rotatable bonds is 8. The lowest BCUT2D eigenvalue weighted by molar-refractivity contribution is 0.351. The molecule has 0 saturated heterocycles. The van der Waals surface area contributed by atoms with Gasteiger partial charge in [-0.05, 0) is 73.2 Å². The number of nitrogens with one attached hydrogen (secondary N) is 2. The standard InChI is InChI=1S/C32H31ClN4O4/c1-2-7-22(12-21-8-4-3-5-9-21)20-41-27-14-23(13-25(33)16-27)28-15-24(29-18-35-32(40)36-30(29)38)19-37(31(28)39)26-10-6-11-34-17-26/h2,6-7,10-19,21H,3-5,8-9,20H2,1H3,(H2,35,36,38,40)/b7-2-,22-12+. The van der Waals surface area contributed by atoms with Gasteiger partial charge < -0.3 is 9.72 Å². The molecule has 9 heteroatoms. The lowest BCUT2D eigenvalue weighted by Gasteiger charge is -2.19. The van der Waals surface area contributed by atoms with E-state index in [1.807, 2.05) is 13.0 Å². The Morgan fingerprint density at radius 2 is 1.93 bits per heavy atom. The summed E-state index contributed by atoms with van der Waals surface area (Å²) in [7, 11) is 0. The number of nitrogens with zero attached hydrogens (tertiary/aromatic N) is 2. The molecule has 1 saturated carbocycles. The molecule has 0 radical (unpaired) electrons. The van der Waals surface area contributed by atoms with Gasteiger partial charge in [-0.25, -0.2) is 4.79 Å².